The highest BCUT2D eigenvalue weighted by Gasteiger charge is 2.28. The molecule has 0 amide bonds. The summed E-state index contributed by atoms with van der Waals surface area (Å²) in [4.78, 5) is 8.04. The number of hydrogen-bond donors (Lipinski definition) is 1. The van der Waals surface area contributed by atoms with Gasteiger partial charge in [0.1, 0.15) is 6.33 Å². The van der Waals surface area contributed by atoms with Gasteiger partial charge in [-0.3, -0.25) is 0 Å². The molecule has 1 aromatic rings. The van der Waals surface area contributed by atoms with E-state index in [-0.39, 0.29) is 6.42 Å². The van der Waals surface area contributed by atoms with E-state index in [1.54, 1.807) is 0 Å². The van der Waals surface area contributed by atoms with Crippen molar-refractivity contribution < 1.29 is 13.2 Å². The molecule has 1 aromatic heterocycles. The van der Waals surface area contributed by atoms with Crippen molar-refractivity contribution in [2.75, 3.05) is 6.54 Å². The van der Waals surface area contributed by atoms with Gasteiger partial charge in [0.2, 0.25) is 0 Å². The van der Waals surface area contributed by atoms with Crippen molar-refractivity contribution >= 4 is 0 Å². The normalized spacial score (nSPS) is 15.9. The standard InChI is InChI=1S/C10H12F3N3/c11-10(12,13)3-1-8-7-5-14-4-2-9(7)16-6-15-8/h6,14H,1-5H2. The van der Waals surface area contributed by atoms with Crippen LogP contribution in [0.4, 0.5) is 13.2 Å². The number of rotatable bonds is 2. The number of aromatic nitrogens is 2. The minimum Gasteiger partial charge on any atom is -0.312 e. The van der Waals surface area contributed by atoms with Crippen molar-refractivity contribution in [3.05, 3.63) is 23.3 Å². The molecule has 0 spiro atoms. The second kappa shape index (κ2) is 4.37. The summed E-state index contributed by atoms with van der Waals surface area (Å²) in [7, 11) is 0. The van der Waals surface area contributed by atoms with Gasteiger partial charge in [0, 0.05) is 42.9 Å². The topological polar surface area (TPSA) is 37.8 Å². The molecule has 0 aliphatic carbocycles. The average Bonchev–Trinajstić information content (AvgIpc) is 2.25. The lowest BCUT2D eigenvalue weighted by Crippen LogP contribution is -2.26. The molecule has 0 unspecified atom stereocenters. The van der Waals surface area contributed by atoms with Crippen LogP contribution < -0.4 is 5.32 Å². The van der Waals surface area contributed by atoms with Crippen LogP contribution in [-0.2, 0) is 19.4 Å². The monoisotopic (exact) mass is 231 g/mol. The summed E-state index contributed by atoms with van der Waals surface area (Å²) in [5.41, 5.74) is 2.25. The fourth-order valence-corrected chi connectivity index (χ4v) is 1.81. The summed E-state index contributed by atoms with van der Waals surface area (Å²) in [6, 6.07) is 0. The maximum atomic E-state index is 12.1. The molecule has 0 bridgehead atoms. The summed E-state index contributed by atoms with van der Waals surface area (Å²) >= 11 is 0. The van der Waals surface area contributed by atoms with Gasteiger partial charge >= 0.3 is 6.18 Å². The maximum absolute atomic E-state index is 12.1. The molecular weight excluding hydrogens is 219 g/mol. The molecule has 1 N–H and O–H groups in total. The molecule has 2 rings (SSSR count). The van der Waals surface area contributed by atoms with E-state index in [1.165, 1.54) is 6.33 Å². The van der Waals surface area contributed by atoms with E-state index in [2.05, 4.69) is 15.3 Å². The van der Waals surface area contributed by atoms with Crippen molar-refractivity contribution in [3.8, 4) is 0 Å². The number of fused-ring (bicyclic) bond motifs is 1. The van der Waals surface area contributed by atoms with Gasteiger partial charge in [0.05, 0.1) is 0 Å². The summed E-state index contributed by atoms with van der Waals surface area (Å²) in [5.74, 6) is 0. The van der Waals surface area contributed by atoms with E-state index in [0.717, 1.165) is 24.2 Å². The molecule has 0 saturated heterocycles. The Morgan fingerprint density at radius 2 is 2.12 bits per heavy atom. The lowest BCUT2D eigenvalue weighted by Gasteiger charge is -2.18. The molecule has 3 nitrogen and oxygen atoms in total. The SMILES string of the molecule is FC(F)(F)CCc1ncnc2c1CNCC2. The van der Waals surface area contributed by atoms with Crippen LogP contribution in [0.15, 0.2) is 6.33 Å². The molecule has 2 heterocycles. The van der Waals surface area contributed by atoms with Gasteiger partial charge in [-0.15, -0.1) is 0 Å². The summed E-state index contributed by atoms with van der Waals surface area (Å²) in [6.07, 6.45) is -2.89. The number of aryl methyl sites for hydroxylation is 1. The molecule has 1 aliphatic heterocycles. The summed E-state index contributed by atoms with van der Waals surface area (Å²) in [6.45, 7) is 1.39. The predicted molar refractivity (Wildman–Crippen MR) is 51.8 cm³/mol. The number of nitrogens with one attached hydrogen (secondary N) is 1. The van der Waals surface area contributed by atoms with Crippen LogP contribution in [0.1, 0.15) is 23.4 Å². The van der Waals surface area contributed by atoms with Gasteiger partial charge in [0.15, 0.2) is 0 Å². The Bertz CT molecular complexity index is 376. The predicted octanol–water partition coefficient (Wildman–Crippen LogP) is 1.62. The first-order chi connectivity index (χ1) is 7.56. The zero-order chi connectivity index (χ0) is 11.6. The zero-order valence-electron chi connectivity index (χ0n) is 8.64. The van der Waals surface area contributed by atoms with E-state index in [9.17, 15) is 13.2 Å². The Kier molecular flexibility index (Phi) is 3.09. The van der Waals surface area contributed by atoms with Crippen LogP contribution in [0, 0.1) is 0 Å². The highest BCUT2D eigenvalue weighted by atomic mass is 19.4. The molecule has 0 atom stereocenters. The van der Waals surface area contributed by atoms with Gasteiger partial charge in [-0.05, 0) is 6.42 Å². The van der Waals surface area contributed by atoms with E-state index >= 15 is 0 Å². The van der Waals surface area contributed by atoms with Crippen LogP contribution in [0.25, 0.3) is 0 Å². The molecule has 16 heavy (non-hydrogen) atoms. The highest BCUT2D eigenvalue weighted by molar-refractivity contribution is 5.27. The second-order valence-corrected chi connectivity index (χ2v) is 3.79. The Labute approximate surface area is 91.1 Å². The Hall–Kier alpha value is -1.17. The number of halogens is 3. The number of nitrogens with zero attached hydrogens (tertiary/aromatic N) is 2. The molecule has 0 fully saturated rings. The molecule has 0 saturated carbocycles. The molecule has 1 aliphatic rings. The lowest BCUT2D eigenvalue weighted by molar-refractivity contribution is -0.134. The van der Waals surface area contributed by atoms with E-state index in [1.807, 2.05) is 0 Å². The molecule has 88 valence electrons. The largest absolute Gasteiger partial charge is 0.389 e. The smallest absolute Gasteiger partial charge is 0.312 e. The Morgan fingerprint density at radius 3 is 2.88 bits per heavy atom. The average molecular weight is 231 g/mol. The molecule has 0 radical (unpaired) electrons. The minimum atomic E-state index is -4.13. The first-order valence-corrected chi connectivity index (χ1v) is 5.15. The third-order valence-corrected chi connectivity index (χ3v) is 2.61. The van der Waals surface area contributed by atoms with Crippen molar-refractivity contribution in [3.63, 3.8) is 0 Å². The third-order valence-electron chi connectivity index (χ3n) is 2.61. The van der Waals surface area contributed by atoms with Gasteiger partial charge in [-0.1, -0.05) is 0 Å². The lowest BCUT2D eigenvalue weighted by atomic mass is 10.0. The van der Waals surface area contributed by atoms with Crippen molar-refractivity contribution in [1.82, 2.24) is 15.3 Å². The van der Waals surface area contributed by atoms with Crippen molar-refractivity contribution in [2.24, 2.45) is 0 Å². The molecular formula is C10H12F3N3. The van der Waals surface area contributed by atoms with E-state index in [4.69, 9.17) is 0 Å². The van der Waals surface area contributed by atoms with Crippen LogP contribution >= 0.6 is 0 Å². The van der Waals surface area contributed by atoms with E-state index in [0.29, 0.717) is 12.2 Å². The first kappa shape index (κ1) is 11.3. The number of alkyl halides is 3. The zero-order valence-corrected chi connectivity index (χ0v) is 8.64. The van der Waals surface area contributed by atoms with Gasteiger partial charge in [0.25, 0.3) is 0 Å². The van der Waals surface area contributed by atoms with Crippen LogP contribution in [0.5, 0.6) is 0 Å². The van der Waals surface area contributed by atoms with Gasteiger partial charge in [-0.25, -0.2) is 9.97 Å². The van der Waals surface area contributed by atoms with Crippen molar-refractivity contribution in [1.29, 1.82) is 0 Å². The Morgan fingerprint density at radius 1 is 1.31 bits per heavy atom. The van der Waals surface area contributed by atoms with Gasteiger partial charge < -0.3 is 5.32 Å². The van der Waals surface area contributed by atoms with Crippen LogP contribution in [0.2, 0.25) is 0 Å². The highest BCUT2D eigenvalue weighted by Crippen LogP contribution is 2.23. The van der Waals surface area contributed by atoms with Crippen molar-refractivity contribution in [2.45, 2.75) is 32.0 Å². The fourth-order valence-electron chi connectivity index (χ4n) is 1.81. The van der Waals surface area contributed by atoms with Crippen LogP contribution in [-0.4, -0.2) is 22.7 Å². The Balaban J connectivity index is 2.15. The minimum absolute atomic E-state index is 0.0595. The third kappa shape index (κ3) is 2.69. The second-order valence-electron chi connectivity index (χ2n) is 3.79. The van der Waals surface area contributed by atoms with Gasteiger partial charge in [-0.2, -0.15) is 13.2 Å². The summed E-state index contributed by atoms with van der Waals surface area (Å²) in [5, 5.41) is 3.12. The quantitative estimate of drug-likeness (QED) is 0.840. The van der Waals surface area contributed by atoms with E-state index < -0.39 is 12.6 Å². The number of hydrogen-bond acceptors (Lipinski definition) is 3. The first-order valence-electron chi connectivity index (χ1n) is 5.15. The molecule has 6 heteroatoms. The molecule has 0 aromatic carbocycles. The van der Waals surface area contributed by atoms with Crippen LogP contribution in [0.3, 0.4) is 0 Å². The maximum Gasteiger partial charge on any atom is 0.389 e. The summed E-state index contributed by atoms with van der Waals surface area (Å²) < 4.78 is 36.3. The fraction of sp³-hybridized carbons (Fsp3) is 0.600.